The summed E-state index contributed by atoms with van der Waals surface area (Å²) in [6, 6.07) is 5.40. The Morgan fingerprint density at radius 3 is 2.90 bits per heavy atom. The number of aryl methyl sites for hydroxylation is 1. The molecule has 2 heterocycles. The molecule has 0 radical (unpaired) electrons. The lowest BCUT2D eigenvalue weighted by Gasteiger charge is -1.99. The number of Topliss-reactive ketones (excluding diaryl/α,β-unsaturated/α-hetero) is 1. The quantitative estimate of drug-likeness (QED) is 0.713. The Hall–Kier alpha value is -2.63. The van der Waals surface area contributed by atoms with E-state index >= 15 is 0 Å². The van der Waals surface area contributed by atoms with Gasteiger partial charge in [0.2, 0.25) is 0 Å². The fourth-order valence-corrected chi connectivity index (χ4v) is 2.20. The normalized spacial score (nSPS) is 11.1. The zero-order valence-corrected chi connectivity index (χ0v) is 11.3. The topological polar surface area (TPSA) is 89.6 Å². The van der Waals surface area contributed by atoms with Crippen LogP contribution < -0.4 is 5.73 Å². The van der Waals surface area contributed by atoms with Gasteiger partial charge >= 0.3 is 0 Å². The van der Waals surface area contributed by atoms with Crippen LogP contribution in [0.1, 0.15) is 24.2 Å². The number of hydrogen-bond acceptors (Lipinski definition) is 4. The third-order valence-electron chi connectivity index (χ3n) is 3.24. The molecule has 6 nitrogen and oxygen atoms in total. The van der Waals surface area contributed by atoms with Gasteiger partial charge in [-0.3, -0.25) is 4.79 Å². The van der Waals surface area contributed by atoms with Crippen molar-refractivity contribution in [3.63, 3.8) is 0 Å². The highest BCUT2D eigenvalue weighted by molar-refractivity contribution is 5.97. The first-order chi connectivity index (χ1) is 9.58. The van der Waals surface area contributed by atoms with Crippen molar-refractivity contribution in [2.45, 2.75) is 20.4 Å². The molecule has 1 aromatic carbocycles. The third kappa shape index (κ3) is 1.95. The van der Waals surface area contributed by atoms with E-state index in [2.05, 4.69) is 15.0 Å². The SMILES string of the molecule is CCn1cc(N)nc1-c1nc2ccc(C(C)=O)cc2[nH]1. The molecule has 0 spiro atoms. The second-order valence-corrected chi connectivity index (χ2v) is 4.65. The van der Waals surface area contributed by atoms with Crippen LogP contribution in [0.5, 0.6) is 0 Å². The maximum absolute atomic E-state index is 11.4. The molecular weight excluding hydrogens is 254 g/mol. The van der Waals surface area contributed by atoms with Crippen molar-refractivity contribution in [3.05, 3.63) is 30.0 Å². The number of nitrogens with zero attached hydrogens (tertiary/aromatic N) is 3. The molecule has 3 aromatic rings. The minimum Gasteiger partial charge on any atom is -0.382 e. The standard InChI is InChI=1S/C14H15N5O/c1-3-19-7-12(15)18-14(19)13-16-10-5-4-9(8(2)20)6-11(10)17-13/h4-7H,3,15H2,1-2H3,(H,16,17). The summed E-state index contributed by atoms with van der Waals surface area (Å²) in [6.07, 6.45) is 1.78. The molecule has 0 saturated carbocycles. The van der Waals surface area contributed by atoms with Crippen molar-refractivity contribution in [2.75, 3.05) is 5.73 Å². The van der Waals surface area contributed by atoms with E-state index in [4.69, 9.17) is 5.73 Å². The number of benzene rings is 1. The number of nitrogens with one attached hydrogen (secondary N) is 1. The molecule has 0 saturated heterocycles. The van der Waals surface area contributed by atoms with E-state index in [0.29, 0.717) is 23.0 Å². The Bertz CT molecular complexity index is 799. The highest BCUT2D eigenvalue weighted by Gasteiger charge is 2.13. The number of nitrogen functional groups attached to an aromatic ring is 1. The van der Waals surface area contributed by atoms with E-state index in [1.165, 1.54) is 0 Å². The molecule has 0 aliphatic rings. The smallest absolute Gasteiger partial charge is 0.178 e. The van der Waals surface area contributed by atoms with Crippen LogP contribution in [0, 0.1) is 0 Å². The molecule has 102 valence electrons. The van der Waals surface area contributed by atoms with Crippen molar-refractivity contribution < 1.29 is 4.79 Å². The van der Waals surface area contributed by atoms with Crippen LogP contribution in [0.4, 0.5) is 5.82 Å². The first-order valence-corrected chi connectivity index (χ1v) is 6.42. The number of carbonyl (C=O) groups excluding carboxylic acids is 1. The molecule has 2 aromatic heterocycles. The molecule has 0 aliphatic carbocycles. The van der Waals surface area contributed by atoms with Crippen molar-refractivity contribution >= 4 is 22.6 Å². The molecule has 3 N–H and O–H groups in total. The van der Waals surface area contributed by atoms with Gasteiger partial charge in [-0.15, -0.1) is 0 Å². The first kappa shape index (κ1) is 12.4. The second-order valence-electron chi connectivity index (χ2n) is 4.65. The van der Waals surface area contributed by atoms with Crippen molar-refractivity contribution in [1.82, 2.24) is 19.5 Å². The molecule has 20 heavy (non-hydrogen) atoms. The lowest BCUT2D eigenvalue weighted by Crippen LogP contribution is -1.97. The van der Waals surface area contributed by atoms with Crippen molar-refractivity contribution in [1.29, 1.82) is 0 Å². The number of ketones is 1. The zero-order chi connectivity index (χ0) is 14.3. The van der Waals surface area contributed by atoms with Crippen molar-refractivity contribution in [2.24, 2.45) is 0 Å². The van der Waals surface area contributed by atoms with Crippen LogP contribution in [0.2, 0.25) is 0 Å². The Balaban J connectivity index is 2.15. The number of anilines is 1. The summed E-state index contributed by atoms with van der Waals surface area (Å²) in [5.41, 5.74) is 8.01. The van der Waals surface area contributed by atoms with Crippen LogP contribution in [0.15, 0.2) is 24.4 Å². The number of rotatable bonds is 3. The third-order valence-corrected chi connectivity index (χ3v) is 3.24. The average Bonchev–Trinajstić information content (AvgIpc) is 3.00. The summed E-state index contributed by atoms with van der Waals surface area (Å²) in [4.78, 5) is 23.4. The average molecular weight is 269 g/mol. The van der Waals surface area contributed by atoms with Crippen LogP contribution in [-0.2, 0) is 6.54 Å². The molecule has 0 bridgehead atoms. The van der Waals surface area contributed by atoms with Gasteiger partial charge in [0.15, 0.2) is 17.4 Å². The van der Waals surface area contributed by atoms with E-state index in [0.717, 1.165) is 17.6 Å². The molecule has 3 rings (SSSR count). The Morgan fingerprint density at radius 1 is 1.40 bits per heavy atom. The van der Waals surface area contributed by atoms with Gasteiger partial charge in [-0.05, 0) is 32.0 Å². The van der Waals surface area contributed by atoms with E-state index in [1.807, 2.05) is 17.6 Å². The number of imidazole rings is 2. The summed E-state index contributed by atoms with van der Waals surface area (Å²) in [5, 5.41) is 0. The first-order valence-electron chi connectivity index (χ1n) is 6.42. The molecule has 0 fully saturated rings. The fourth-order valence-electron chi connectivity index (χ4n) is 2.20. The molecule has 0 aliphatic heterocycles. The highest BCUT2D eigenvalue weighted by atomic mass is 16.1. The minimum absolute atomic E-state index is 0.0300. The number of hydrogen-bond donors (Lipinski definition) is 2. The van der Waals surface area contributed by atoms with Crippen LogP contribution in [0.3, 0.4) is 0 Å². The predicted octanol–water partition coefficient (Wildman–Crippen LogP) is 2.23. The van der Waals surface area contributed by atoms with Crippen LogP contribution in [0.25, 0.3) is 22.7 Å². The van der Waals surface area contributed by atoms with Gasteiger partial charge in [0.05, 0.1) is 11.0 Å². The van der Waals surface area contributed by atoms with Gasteiger partial charge in [0.1, 0.15) is 5.82 Å². The maximum Gasteiger partial charge on any atom is 0.178 e. The van der Waals surface area contributed by atoms with E-state index in [1.54, 1.807) is 25.3 Å². The summed E-state index contributed by atoms with van der Waals surface area (Å²) in [6.45, 7) is 4.32. The number of nitrogens with two attached hydrogens (primary N) is 1. The van der Waals surface area contributed by atoms with Crippen LogP contribution >= 0.6 is 0 Å². The van der Waals surface area contributed by atoms with Gasteiger partial charge in [-0.2, -0.15) is 0 Å². The van der Waals surface area contributed by atoms with Crippen molar-refractivity contribution in [3.8, 4) is 11.6 Å². The predicted molar refractivity (Wildman–Crippen MR) is 77.4 cm³/mol. The molecular formula is C14H15N5O. The summed E-state index contributed by atoms with van der Waals surface area (Å²) in [5.74, 6) is 1.85. The second kappa shape index (κ2) is 4.48. The Labute approximate surface area is 115 Å². The summed E-state index contributed by atoms with van der Waals surface area (Å²) < 4.78 is 1.93. The van der Waals surface area contributed by atoms with E-state index in [-0.39, 0.29) is 5.78 Å². The summed E-state index contributed by atoms with van der Waals surface area (Å²) >= 11 is 0. The molecule has 6 heteroatoms. The fraction of sp³-hybridized carbons (Fsp3) is 0.214. The van der Waals surface area contributed by atoms with E-state index < -0.39 is 0 Å². The lowest BCUT2D eigenvalue weighted by molar-refractivity contribution is 0.101. The van der Waals surface area contributed by atoms with Gasteiger partial charge in [0.25, 0.3) is 0 Å². The molecule has 0 atom stereocenters. The number of aromatic nitrogens is 4. The zero-order valence-electron chi connectivity index (χ0n) is 11.3. The largest absolute Gasteiger partial charge is 0.382 e. The van der Waals surface area contributed by atoms with Gasteiger partial charge < -0.3 is 15.3 Å². The van der Waals surface area contributed by atoms with Gasteiger partial charge in [0, 0.05) is 18.3 Å². The number of H-pyrrole nitrogens is 1. The van der Waals surface area contributed by atoms with Crippen LogP contribution in [-0.4, -0.2) is 25.3 Å². The molecule has 0 amide bonds. The Morgan fingerprint density at radius 2 is 2.20 bits per heavy atom. The number of aromatic amines is 1. The highest BCUT2D eigenvalue weighted by Crippen LogP contribution is 2.22. The summed E-state index contributed by atoms with van der Waals surface area (Å²) in [7, 11) is 0. The number of fused-ring (bicyclic) bond motifs is 1. The minimum atomic E-state index is 0.0300. The monoisotopic (exact) mass is 269 g/mol. The van der Waals surface area contributed by atoms with E-state index in [9.17, 15) is 4.79 Å². The van der Waals surface area contributed by atoms with Gasteiger partial charge in [-0.1, -0.05) is 0 Å². The number of carbonyl (C=O) groups is 1. The maximum atomic E-state index is 11.4. The molecule has 0 unspecified atom stereocenters. The lowest BCUT2D eigenvalue weighted by atomic mass is 10.1. The van der Waals surface area contributed by atoms with Gasteiger partial charge in [-0.25, -0.2) is 9.97 Å². The Kier molecular flexibility index (Phi) is 2.78.